The number of nitrogens with zero attached hydrogens (tertiary/aromatic N) is 2. The minimum Gasteiger partial charge on any atom is -0.478 e. The van der Waals surface area contributed by atoms with Crippen molar-refractivity contribution in [2.24, 2.45) is 51.2 Å². The first kappa shape index (κ1) is 29.0. The standard InChI is InChI=1S/C38H50N2O3/c1-23(2)26-14-19-38(33-40-39-22-43-33)21-20-36(6)28(31(26)38)12-13-30-35(5)17-15-27(24-8-10-25(11-9-24)32(41)42)34(3,4)29(35)16-18-37(30,36)7/h8-11,15,22,26,28-31H,1,12-14,16-21H2,2-7H3,(H,41,42)/t26-,28+,29-,30+,31+,35-,36+,37+,38-/m0/s1. The van der Waals surface area contributed by atoms with Crippen LogP contribution in [-0.4, -0.2) is 21.3 Å². The van der Waals surface area contributed by atoms with Crippen molar-refractivity contribution in [2.45, 2.75) is 105 Å². The van der Waals surface area contributed by atoms with E-state index in [2.05, 4.69) is 64.4 Å². The molecule has 0 amide bonds. The number of allylic oxidation sites excluding steroid dienone is 3. The van der Waals surface area contributed by atoms with E-state index in [0.717, 1.165) is 25.2 Å². The van der Waals surface area contributed by atoms with E-state index in [1.54, 1.807) is 12.1 Å². The number of aromatic carboxylic acids is 1. The van der Waals surface area contributed by atoms with Crippen LogP contribution in [0.3, 0.4) is 0 Å². The summed E-state index contributed by atoms with van der Waals surface area (Å²) < 4.78 is 6.04. The molecule has 0 radical (unpaired) electrons. The molecule has 5 aliphatic carbocycles. The van der Waals surface area contributed by atoms with Gasteiger partial charge in [-0.25, -0.2) is 4.79 Å². The zero-order valence-electron chi connectivity index (χ0n) is 27.1. The predicted molar refractivity (Wildman–Crippen MR) is 169 cm³/mol. The fourth-order valence-corrected chi connectivity index (χ4v) is 12.8. The molecule has 43 heavy (non-hydrogen) atoms. The van der Waals surface area contributed by atoms with Crippen LogP contribution in [-0.2, 0) is 5.41 Å². The van der Waals surface area contributed by atoms with Crippen molar-refractivity contribution in [2.75, 3.05) is 0 Å². The van der Waals surface area contributed by atoms with Crippen LogP contribution in [0, 0.1) is 51.2 Å². The predicted octanol–water partition coefficient (Wildman–Crippen LogP) is 9.37. The van der Waals surface area contributed by atoms with Crippen molar-refractivity contribution < 1.29 is 14.3 Å². The number of hydrogen-bond acceptors (Lipinski definition) is 4. The molecule has 9 atom stereocenters. The monoisotopic (exact) mass is 582 g/mol. The van der Waals surface area contributed by atoms with Crippen LogP contribution in [0.25, 0.3) is 5.57 Å². The fraction of sp³-hybridized carbons (Fsp3) is 0.658. The van der Waals surface area contributed by atoms with Crippen molar-refractivity contribution in [3.63, 3.8) is 0 Å². The topological polar surface area (TPSA) is 76.2 Å². The molecule has 1 heterocycles. The number of carbonyl (C=O) groups is 1. The zero-order chi connectivity index (χ0) is 30.6. The molecule has 5 aliphatic rings. The van der Waals surface area contributed by atoms with Gasteiger partial charge in [0.15, 0.2) is 0 Å². The van der Waals surface area contributed by atoms with E-state index in [0.29, 0.717) is 35.2 Å². The highest BCUT2D eigenvalue weighted by molar-refractivity contribution is 5.88. The summed E-state index contributed by atoms with van der Waals surface area (Å²) in [5, 5.41) is 18.2. The lowest BCUT2D eigenvalue weighted by Gasteiger charge is -2.72. The molecule has 0 unspecified atom stereocenters. The smallest absolute Gasteiger partial charge is 0.335 e. The minimum atomic E-state index is -0.865. The first-order chi connectivity index (χ1) is 20.3. The molecule has 4 saturated carbocycles. The Balaban J connectivity index is 1.25. The second kappa shape index (κ2) is 9.41. The lowest BCUT2D eigenvalue weighted by molar-refractivity contribution is -0.219. The molecule has 4 fully saturated rings. The van der Waals surface area contributed by atoms with Crippen LogP contribution in [0.1, 0.15) is 121 Å². The Kier molecular flexibility index (Phi) is 6.35. The maximum absolute atomic E-state index is 11.5. The maximum Gasteiger partial charge on any atom is 0.335 e. The van der Waals surface area contributed by atoms with Crippen LogP contribution in [0.5, 0.6) is 0 Å². The third-order valence-electron chi connectivity index (χ3n) is 14.9. The van der Waals surface area contributed by atoms with E-state index in [9.17, 15) is 9.90 Å². The molecule has 230 valence electrons. The molecule has 7 rings (SSSR count). The quantitative estimate of drug-likeness (QED) is 0.364. The lowest BCUT2D eigenvalue weighted by Crippen LogP contribution is -2.65. The second-order valence-electron chi connectivity index (χ2n) is 16.5. The number of fused-ring (bicyclic) bond motifs is 7. The van der Waals surface area contributed by atoms with Crippen LogP contribution in [0.4, 0.5) is 0 Å². The summed E-state index contributed by atoms with van der Waals surface area (Å²) in [7, 11) is 0. The molecule has 0 spiro atoms. The molecule has 5 nitrogen and oxygen atoms in total. The van der Waals surface area contributed by atoms with E-state index < -0.39 is 5.97 Å². The third kappa shape index (κ3) is 3.72. The Morgan fingerprint density at radius 1 is 0.930 bits per heavy atom. The summed E-state index contributed by atoms with van der Waals surface area (Å²) in [6.45, 7) is 19.7. The molecule has 1 N–H and O–H groups in total. The summed E-state index contributed by atoms with van der Waals surface area (Å²) in [6.07, 6.45) is 14.9. The van der Waals surface area contributed by atoms with Gasteiger partial charge in [-0.2, -0.15) is 0 Å². The van der Waals surface area contributed by atoms with E-state index in [4.69, 9.17) is 4.42 Å². The molecule has 1 aromatic carbocycles. The first-order valence-electron chi connectivity index (χ1n) is 16.8. The maximum atomic E-state index is 11.5. The number of hydrogen-bond donors (Lipinski definition) is 1. The highest BCUT2D eigenvalue weighted by Gasteiger charge is 2.71. The van der Waals surface area contributed by atoms with E-state index in [1.165, 1.54) is 61.6 Å². The van der Waals surface area contributed by atoms with Crippen LogP contribution in [0.15, 0.2) is 53.3 Å². The van der Waals surface area contributed by atoms with Crippen molar-refractivity contribution in [3.8, 4) is 0 Å². The average Bonchev–Trinajstić information content (AvgIpc) is 3.63. The van der Waals surface area contributed by atoms with E-state index in [-0.39, 0.29) is 27.1 Å². The van der Waals surface area contributed by atoms with Gasteiger partial charge in [-0.3, -0.25) is 0 Å². The summed E-state index contributed by atoms with van der Waals surface area (Å²) >= 11 is 0. The van der Waals surface area contributed by atoms with Gasteiger partial charge in [-0.1, -0.05) is 65.0 Å². The van der Waals surface area contributed by atoms with E-state index in [1.807, 2.05) is 12.1 Å². The van der Waals surface area contributed by atoms with Gasteiger partial charge in [0.25, 0.3) is 0 Å². The zero-order valence-corrected chi connectivity index (χ0v) is 27.1. The third-order valence-corrected chi connectivity index (χ3v) is 14.9. The van der Waals surface area contributed by atoms with Crippen molar-refractivity contribution in [3.05, 3.63) is 65.9 Å². The average molecular weight is 583 g/mol. The van der Waals surface area contributed by atoms with E-state index >= 15 is 0 Å². The minimum absolute atomic E-state index is 0.00471. The molecule has 2 aromatic rings. The van der Waals surface area contributed by atoms with Gasteiger partial charge in [0.1, 0.15) is 0 Å². The molecular weight excluding hydrogens is 532 g/mol. The fourth-order valence-electron chi connectivity index (χ4n) is 12.8. The van der Waals surface area contributed by atoms with Gasteiger partial charge in [-0.15, -0.1) is 10.2 Å². The summed E-state index contributed by atoms with van der Waals surface area (Å²) in [4.78, 5) is 11.5. The Labute approximate surface area is 257 Å². The van der Waals surface area contributed by atoms with Gasteiger partial charge in [0.05, 0.1) is 11.0 Å². The second-order valence-corrected chi connectivity index (χ2v) is 16.5. The van der Waals surface area contributed by atoms with Gasteiger partial charge >= 0.3 is 5.97 Å². The molecule has 0 aliphatic heterocycles. The van der Waals surface area contributed by atoms with Crippen molar-refractivity contribution in [1.82, 2.24) is 10.2 Å². The highest BCUT2D eigenvalue weighted by Crippen LogP contribution is 2.77. The molecule has 5 heteroatoms. The van der Waals surface area contributed by atoms with Crippen LogP contribution in [0.2, 0.25) is 0 Å². The van der Waals surface area contributed by atoms with Crippen molar-refractivity contribution >= 4 is 11.5 Å². The number of aromatic nitrogens is 2. The Morgan fingerprint density at radius 3 is 2.33 bits per heavy atom. The number of rotatable bonds is 4. The van der Waals surface area contributed by atoms with Crippen LogP contribution >= 0.6 is 0 Å². The molecule has 0 saturated heterocycles. The Morgan fingerprint density at radius 2 is 1.67 bits per heavy atom. The summed E-state index contributed by atoms with van der Waals surface area (Å²) in [6, 6.07) is 7.58. The number of carboxylic acids is 1. The number of benzene rings is 1. The lowest BCUT2D eigenvalue weighted by atomic mass is 9.32. The van der Waals surface area contributed by atoms with Gasteiger partial charge in [-0.05, 0) is 139 Å². The SMILES string of the molecule is C=C(C)[C@@H]1CC[C@]2(c3nnco3)CC[C@]3(C)[C@H](CC[C@@H]4[C@@]5(C)CC=C(c6ccc(C(=O)O)cc6)C(C)(C)[C@@H]5CC[C@]43C)[C@@H]12. The highest BCUT2D eigenvalue weighted by atomic mass is 16.4. The Bertz CT molecular complexity index is 1470. The largest absolute Gasteiger partial charge is 0.478 e. The molecule has 0 bridgehead atoms. The number of carboxylic acid groups (broad SMARTS) is 1. The van der Waals surface area contributed by atoms with Crippen LogP contribution < -0.4 is 0 Å². The van der Waals surface area contributed by atoms with Gasteiger partial charge in [0.2, 0.25) is 12.3 Å². The van der Waals surface area contributed by atoms with Gasteiger partial charge in [0, 0.05) is 0 Å². The van der Waals surface area contributed by atoms with Crippen molar-refractivity contribution in [1.29, 1.82) is 0 Å². The molecular formula is C38H50N2O3. The van der Waals surface area contributed by atoms with Gasteiger partial charge < -0.3 is 9.52 Å². The summed E-state index contributed by atoms with van der Waals surface area (Å²) in [5.74, 6) is 2.96. The first-order valence-corrected chi connectivity index (χ1v) is 16.8. The Hall–Kier alpha value is -2.69. The summed E-state index contributed by atoms with van der Waals surface area (Å²) in [5.41, 5.74) is 5.05. The normalized spacial score (nSPS) is 43.0. The molecule has 1 aromatic heterocycles.